The lowest BCUT2D eigenvalue weighted by Crippen LogP contribution is -2.40. The maximum Gasteiger partial charge on any atom is 0.0712 e. The van der Waals surface area contributed by atoms with Crippen LogP contribution in [0.15, 0.2) is 17.5 Å². The lowest BCUT2D eigenvalue weighted by atomic mass is 9.93. The van der Waals surface area contributed by atoms with Gasteiger partial charge in [-0.05, 0) is 24.3 Å². The zero-order valence-electron chi connectivity index (χ0n) is 8.28. The van der Waals surface area contributed by atoms with Crippen LogP contribution >= 0.6 is 11.3 Å². The quantitative estimate of drug-likeness (QED) is 0.778. The third-order valence-corrected chi connectivity index (χ3v) is 3.66. The van der Waals surface area contributed by atoms with E-state index in [4.69, 9.17) is 0 Å². The molecule has 0 bridgehead atoms. The monoisotopic (exact) mass is 211 g/mol. The van der Waals surface area contributed by atoms with Gasteiger partial charge in [0.1, 0.15) is 0 Å². The first-order chi connectivity index (χ1) is 6.84. The normalized spacial score (nSPS) is 19.2. The molecule has 1 fully saturated rings. The Labute approximate surface area is 89.0 Å². The number of aliphatic hydroxyl groups excluding tert-OH is 1. The third-order valence-electron chi connectivity index (χ3n) is 2.76. The largest absolute Gasteiger partial charge is 0.391 e. The first kappa shape index (κ1) is 10.1. The molecule has 0 aromatic carbocycles. The van der Waals surface area contributed by atoms with E-state index in [1.165, 1.54) is 24.1 Å². The molecule has 3 heteroatoms. The minimum atomic E-state index is -0.228. The second-order valence-corrected chi connectivity index (χ2v) is 5.01. The molecule has 14 heavy (non-hydrogen) atoms. The van der Waals surface area contributed by atoms with Gasteiger partial charge in [0.2, 0.25) is 0 Å². The Kier molecular flexibility index (Phi) is 3.56. The van der Waals surface area contributed by atoms with E-state index in [-0.39, 0.29) is 6.10 Å². The lowest BCUT2D eigenvalue weighted by molar-refractivity contribution is 0.160. The maximum absolute atomic E-state index is 9.73. The fourth-order valence-corrected chi connectivity index (χ4v) is 2.43. The van der Waals surface area contributed by atoms with Crippen molar-refractivity contribution in [1.29, 1.82) is 0 Å². The second kappa shape index (κ2) is 4.91. The molecule has 0 radical (unpaired) electrons. The molecule has 1 atom stereocenters. The molecular weight excluding hydrogens is 194 g/mol. The van der Waals surface area contributed by atoms with Crippen molar-refractivity contribution in [3.8, 4) is 0 Å². The van der Waals surface area contributed by atoms with Gasteiger partial charge in [-0.25, -0.2) is 0 Å². The van der Waals surface area contributed by atoms with Gasteiger partial charge in [0.15, 0.2) is 0 Å². The van der Waals surface area contributed by atoms with Crippen molar-refractivity contribution in [2.24, 2.45) is 0 Å². The fourth-order valence-electron chi connectivity index (χ4n) is 1.65. The van der Waals surface area contributed by atoms with Crippen molar-refractivity contribution in [1.82, 2.24) is 5.32 Å². The minimum Gasteiger partial charge on any atom is -0.391 e. The van der Waals surface area contributed by atoms with Gasteiger partial charge in [-0.15, -0.1) is 11.3 Å². The van der Waals surface area contributed by atoms with Crippen molar-refractivity contribution >= 4 is 11.3 Å². The van der Waals surface area contributed by atoms with Crippen LogP contribution in [-0.4, -0.2) is 23.8 Å². The van der Waals surface area contributed by atoms with Crippen LogP contribution < -0.4 is 5.32 Å². The minimum absolute atomic E-state index is 0.228. The van der Waals surface area contributed by atoms with Crippen LogP contribution in [0.2, 0.25) is 0 Å². The van der Waals surface area contributed by atoms with Crippen LogP contribution in [0, 0.1) is 0 Å². The first-order valence-electron chi connectivity index (χ1n) is 5.28. The third kappa shape index (κ3) is 2.80. The first-order valence-corrected chi connectivity index (χ1v) is 6.16. The molecule has 0 aliphatic heterocycles. The molecule has 0 saturated heterocycles. The molecule has 1 aliphatic rings. The van der Waals surface area contributed by atoms with Crippen LogP contribution in [-0.2, 0) is 6.42 Å². The molecule has 1 aliphatic carbocycles. The summed E-state index contributed by atoms with van der Waals surface area (Å²) < 4.78 is 0. The van der Waals surface area contributed by atoms with Crippen molar-refractivity contribution in [2.75, 3.05) is 6.54 Å². The number of nitrogens with one attached hydrogen (secondary N) is 1. The number of hydrogen-bond donors (Lipinski definition) is 2. The van der Waals surface area contributed by atoms with Gasteiger partial charge < -0.3 is 10.4 Å². The zero-order chi connectivity index (χ0) is 9.80. The molecule has 2 N–H and O–H groups in total. The van der Waals surface area contributed by atoms with Crippen LogP contribution in [0.5, 0.6) is 0 Å². The summed E-state index contributed by atoms with van der Waals surface area (Å²) in [7, 11) is 0. The Bertz CT molecular complexity index is 256. The number of thiophene rings is 1. The number of rotatable bonds is 5. The highest BCUT2D eigenvalue weighted by molar-refractivity contribution is 7.09. The van der Waals surface area contributed by atoms with Gasteiger partial charge in [0, 0.05) is 23.9 Å². The van der Waals surface area contributed by atoms with Gasteiger partial charge >= 0.3 is 0 Å². The number of aliphatic hydroxyl groups is 1. The van der Waals surface area contributed by atoms with Crippen molar-refractivity contribution in [3.63, 3.8) is 0 Å². The lowest BCUT2D eigenvalue weighted by Gasteiger charge is -2.27. The molecular formula is C11H17NOS. The van der Waals surface area contributed by atoms with Crippen LogP contribution in [0.4, 0.5) is 0 Å². The van der Waals surface area contributed by atoms with E-state index in [2.05, 4.69) is 16.8 Å². The molecule has 78 valence electrons. The summed E-state index contributed by atoms with van der Waals surface area (Å²) in [4.78, 5) is 1.27. The topological polar surface area (TPSA) is 32.3 Å². The molecule has 1 aromatic rings. The van der Waals surface area contributed by atoms with E-state index in [0.717, 1.165) is 13.0 Å². The smallest absolute Gasteiger partial charge is 0.0712 e. The van der Waals surface area contributed by atoms with E-state index < -0.39 is 0 Å². The van der Waals surface area contributed by atoms with Crippen LogP contribution in [0.1, 0.15) is 24.1 Å². The molecule has 2 nitrogen and oxygen atoms in total. The summed E-state index contributed by atoms with van der Waals surface area (Å²) in [5, 5.41) is 15.2. The Hall–Kier alpha value is -0.380. The summed E-state index contributed by atoms with van der Waals surface area (Å²) in [6.07, 6.45) is 4.47. The highest BCUT2D eigenvalue weighted by Crippen LogP contribution is 2.18. The Morgan fingerprint density at radius 1 is 1.57 bits per heavy atom. The highest BCUT2D eigenvalue weighted by Gasteiger charge is 2.17. The van der Waals surface area contributed by atoms with Crippen LogP contribution in [0.25, 0.3) is 0 Å². The Balaban J connectivity index is 1.65. The molecule has 1 unspecified atom stereocenters. The van der Waals surface area contributed by atoms with E-state index >= 15 is 0 Å². The predicted octanol–water partition coefficient (Wildman–Crippen LogP) is 1.79. The van der Waals surface area contributed by atoms with E-state index in [0.29, 0.717) is 6.04 Å². The summed E-state index contributed by atoms with van der Waals surface area (Å²) >= 11 is 1.72. The van der Waals surface area contributed by atoms with Crippen molar-refractivity contribution < 1.29 is 5.11 Å². The Morgan fingerprint density at radius 3 is 3.00 bits per heavy atom. The average Bonchev–Trinajstić information content (AvgIpc) is 2.54. The summed E-state index contributed by atoms with van der Waals surface area (Å²) in [5.74, 6) is 0. The van der Waals surface area contributed by atoms with Crippen LogP contribution in [0.3, 0.4) is 0 Å². The molecule has 0 amide bonds. The van der Waals surface area contributed by atoms with Crippen molar-refractivity contribution in [2.45, 2.75) is 37.8 Å². The number of hydrogen-bond acceptors (Lipinski definition) is 3. The van der Waals surface area contributed by atoms with E-state index in [9.17, 15) is 5.11 Å². The summed E-state index contributed by atoms with van der Waals surface area (Å²) in [6, 6.07) is 4.79. The summed E-state index contributed by atoms with van der Waals surface area (Å²) in [6.45, 7) is 0.739. The molecule has 1 aromatic heterocycles. The van der Waals surface area contributed by atoms with Crippen molar-refractivity contribution in [3.05, 3.63) is 22.4 Å². The zero-order valence-corrected chi connectivity index (χ0v) is 9.09. The van der Waals surface area contributed by atoms with Gasteiger partial charge in [0.25, 0.3) is 0 Å². The fraction of sp³-hybridized carbons (Fsp3) is 0.636. The molecule has 1 saturated carbocycles. The highest BCUT2D eigenvalue weighted by atomic mass is 32.1. The maximum atomic E-state index is 9.73. The molecule has 2 rings (SSSR count). The van der Waals surface area contributed by atoms with Gasteiger partial charge in [-0.2, -0.15) is 0 Å². The van der Waals surface area contributed by atoms with Gasteiger partial charge in [-0.1, -0.05) is 12.5 Å². The van der Waals surface area contributed by atoms with Gasteiger partial charge in [-0.3, -0.25) is 0 Å². The van der Waals surface area contributed by atoms with E-state index in [1.54, 1.807) is 11.3 Å². The molecule has 1 heterocycles. The molecule has 0 spiro atoms. The second-order valence-electron chi connectivity index (χ2n) is 3.97. The Morgan fingerprint density at radius 2 is 2.43 bits per heavy atom. The van der Waals surface area contributed by atoms with Gasteiger partial charge in [0.05, 0.1) is 6.10 Å². The average molecular weight is 211 g/mol. The predicted molar refractivity (Wildman–Crippen MR) is 59.7 cm³/mol. The standard InChI is InChI=1S/C11H17NOS/c13-10(7-11-5-2-6-14-11)8-12-9-3-1-4-9/h2,5-6,9-10,12-13H,1,3-4,7-8H2. The van der Waals surface area contributed by atoms with E-state index in [1.807, 2.05) is 6.07 Å². The summed E-state index contributed by atoms with van der Waals surface area (Å²) in [5.41, 5.74) is 0. The SMILES string of the molecule is OC(CNC1CCC1)Cc1cccs1.